The van der Waals surface area contributed by atoms with Gasteiger partial charge in [0, 0.05) is 26.1 Å². The van der Waals surface area contributed by atoms with E-state index in [0.29, 0.717) is 6.54 Å². The minimum atomic E-state index is -0.613. The SMILES string of the molecule is CC(=O)NC1CCCN(C(=O)C2(N)CCC2)C1. The fraction of sp³-hybridized carbons (Fsp3) is 0.833. The molecule has 1 aliphatic carbocycles. The Bertz CT molecular complexity index is 326. The van der Waals surface area contributed by atoms with Crippen LogP contribution in [0, 0.1) is 0 Å². The quantitative estimate of drug-likeness (QED) is 0.712. The molecule has 0 aromatic carbocycles. The van der Waals surface area contributed by atoms with E-state index in [4.69, 9.17) is 5.73 Å². The Morgan fingerprint density at radius 2 is 2.06 bits per heavy atom. The molecule has 2 amide bonds. The van der Waals surface area contributed by atoms with Gasteiger partial charge in [-0.25, -0.2) is 0 Å². The molecule has 5 nitrogen and oxygen atoms in total. The van der Waals surface area contributed by atoms with E-state index in [9.17, 15) is 9.59 Å². The summed E-state index contributed by atoms with van der Waals surface area (Å²) in [6.07, 6.45) is 4.53. The first-order valence-corrected chi connectivity index (χ1v) is 6.37. The molecule has 0 aromatic rings. The first kappa shape index (κ1) is 12.4. The normalized spacial score (nSPS) is 27.2. The first-order chi connectivity index (χ1) is 8.01. The van der Waals surface area contributed by atoms with Crippen molar-refractivity contribution in [2.75, 3.05) is 13.1 Å². The average Bonchev–Trinajstić information content (AvgIpc) is 2.24. The Kier molecular flexibility index (Phi) is 3.38. The molecule has 96 valence electrons. The van der Waals surface area contributed by atoms with Crippen LogP contribution in [-0.4, -0.2) is 41.4 Å². The van der Waals surface area contributed by atoms with Crippen molar-refractivity contribution >= 4 is 11.8 Å². The second kappa shape index (κ2) is 4.64. The third kappa shape index (κ3) is 2.60. The van der Waals surface area contributed by atoms with Crippen molar-refractivity contribution in [1.29, 1.82) is 0 Å². The van der Waals surface area contributed by atoms with Crippen LogP contribution in [-0.2, 0) is 9.59 Å². The lowest BCUT2D eigenvalue weighted by Gasteiger charge is -2.43. The molecule has 1 unspecified atom stereocenters. The van der Waals surface area contributed by atoms with Crippen LogP contribution in [0.4, 0.5) is 0 Å². The van der Waals surface area contributed by atoms with Crippen LogP contribution in [0.5, 0.6) is 0 Å². The van der Waals surface area contributed by atoms with Gasteiger partial charge in [-0.05, 0) is 32.1 Å². The summed E-state index contributed by atoms with van der Waals surface area (Å²) in [7, 11) is 0. The Hall–Kier alpha value is -1.10. The molecule has 0 spiro atoms. The van der Waals surface area contributed by atoms with Gasteiger partial charge in [-0.1, -0.05) is 0 Å². The molecule has 17 heavy (non-hydrogen) atoms. The lowest BCUT2D eigenvalue weighted by Crippen LogP contribution is -2.62. The zero-order chi connectivity index (χ0) is 12.5. The highest BCUT2D eigenvalue weighted by Crippen LogP contribution is 2.31. The van der Waals surface area contributed by atoms with E-state index < -0.39 is 5.54 Å². The second-order valence-corrected chi connectivity index (χ2v) is 5.30. The van der Waals surface area contributed by atoms with Crippen LogP contribution < -0.4 is 11.1 Å². The maximum absolute atomic E-state index is 12.2. The fourth-order valence-corrected chi connectivity index (χ4v) is 2.65. The molecule has 0 aromatic heterocycles. The fourth-order valence-electron chi connectivity index (χ4n) is 2.65. The van der Waals surface area contributed by atoms with Crippen molar-refractivity contribution in [3.05, 3.63) is 0 Å². The van der Waals surface area contributed by atoms with Crippen molar-refractivity contribution in [2.45, 2.75) is 50.6 Å². The molecule has 2 rings (SSSR count). The highest BCUT2D eigenvalue weighted by atomic mass is 16.2. The molecule has 2 fully saturated rings. The predicted octanol–water partition coefficient (Wildman–Crippen LogP) is -0.00510. The molecular weight excluding hydrogens is 218 g/mol. The minimum Gasteiger partial charge on any atom is -0.352 e. The zero-order valence-corrected chi connectivity index (χ0v) is 10.4. The molecule has 0 bridgehead atoms. The number of carbonyl (C=O) groups is 2. The van der Waals surface area contributed by atoms with Gasteiger partial charge in [-0.2, -0.15) is 0 Å². The van der Waals surface area contributed by atoms with Crippen molar-refractivity contribution in [3.8, 4) is 0 Å². The van der Waals surface area contributed by atoms with Crippen LogP contribution in [0.1, 0.15) is 39.0 Å². The van der Waals surface area contributed by atoms with E-state index in [1.54, 1.807) is 0 Å². The Morgan fingerprint density at radius 3 is 2.59 bits per heavy atom. The largest absolute Gasteiger partial charge is 0.352 e. The summed E-state index contributed by atoms with van der Waals surface area (Å²) in [4.78, 5) is 25.1. The van der Waals surface area contributed by atoms with Gasteiger partial charge in [0.05, 0.1) is 5.54 Å². The summed E-state index contributed by atoms with van der Waals surface area (Å²) >= 11 is 0. The molecule has 2 aliphatic rings. The first-order valence-electron chi connectivity index (χ1n) is 6.37. The number of rotatable bonds is 2. The van der Waals surface area contributed by atoms with Crippen LogP contribution in [0.2, 0.25) is 0 Å². The summed E-state index contributed by atoms with van der Waals surface area (Å²) in [6, 6.07) is 0.0916. The average molecular weight is 239 g/mol. The van der Waals surface area contributed by atoms with Gasteiger partial charge >= 0.3 is 0 Å². The summed E-state index contributed by atoms with van der Waals surface area (Å²) in [6.45, 7) is 2.89. The number of nitrogens with two attached hydrogens (primary N) is 1. The van der Waals surface area contributed by atoms with Gasteiger partial charge < -0.3 is 16.0 Å². The smallest absolute Gasteiger partial charge is 0.242 e. The molecule has 1 atom stereocenters. The van der Waals surface area contributed by atoms with Crippen LogP contribution in [0.15, 0.2) is 0 Å². The van der Waals surface area contributed by atoms with E-state index in [1.165, 1.54) is 6.92 Å². The van der Waals surface area contributed by atoms with Crippen LogP contribution >= 0.6 is 0 Å². The Balaban J connectivity index is 1.92. The van der Waals surface area contributed by atoms with Gasteiger partial charge in [-0.3, -0.25) is 9.59 Å². The van der Waals surface area contributed by atoms with Gasteiger partial charge in [0.15, 0.2) is 0 Å². The van der Waals surface area contributed by atoms with Gasteiger partial charge in [0.2, 0.25) is 11.8 Å². The Labute approximate surface area is 102 Å². The van der Waals surface area contributed by atoms with E-state index in [2.05, 4.69) is 5.32 Å². The maximum atomic E-state index is 12.2. The van der Waals surface area contributed by atoms with Crippen LogP contribution in [0.3, 0.4) is 0 Å². The van der Waals surface area contributed by atoms with Gasteiger partial charge in [0.25, 0.3) is 0 Å². The molecule has 1 aliphatic heterocycles. The van der Waals surface area contributed by atoms with Gasteiger partial charge in [0.1, 0.15) is 0 Å². The summed E-state index contributed by atoms with van der Waals surface area (Å²) in [5, 5.41) is 2.88. The number of piperidine rings is 1. The third-order valence-corrected chi connectivity index (χ3v) is 3.79. The van der Waals surface area contributed by atoms with E-state index >= 15 is 0 Å². The monoisotopic (exact) mass is 239 g/mol. The van der Waals surface area contributed by atoms with Crippen molar-refractivity contribution in [1.82, 2.24) is 10.2 Å². The van der Waals surface area contributed by atoms with Crippen molar-refractivity contribution < 1.29 is 9.59 Å². The highest BCUT2D eigenvalue weighted by molar-refractivity contribution is 5.87. The van der Waals surface area contributed by atoms with E-state index in [-0.39, 0.29) is 17.9 Å². The number of hydrogen-bond donors (Lipinski definition) is 2. The molecule has 0 radical (unpaired) electrons. The second-order valence-electron chi connectivity index (χ2n) is 5.30. The number of carbonyl (C=O) groups excluding carboxylic acids is 2. The molecule has 5 heteroatoms. The molecule has 1 heterocycles. The minimum absolute atomic E-state index is 0.0320. The van der Waals surface area contributed by atoms with Gasteiger partial charge in [-0.15, -0.1) is 0 Å². The molecule has 1 saturated carbocycles. The lowest BCUT2D eigenvalue weighted by atomic mass is 9.76. The molecular formula is C12H21N3O2. The predicted molar refractivity (Wildman–Crippen MR) is 64.2 cm³/mol. The Morgan fingerprint density at radius 1 is 1.35 bits per heavy atom. The lowest BCUT2D eigenvalue weighted by molar-refractivity contribution is -0.142. The highest BCUT2D eigenvalue weighted by Gasteiger charge is 2.43. The topological polar surface area (TPSA) is 75.4 Å². The number of hydrogen-bond acceptors (Lipinski definition) is 3. The number of amides is 2. The maximum Gasteiger partial charge on any atom is 0.242 e. The summed E-state index contributed by atoms with van der Waals surface area (Å²) in [5.74, 6) is 0.0363. The zero-order valence-electron chi connectivity index (χ0n) is 10.4. The number of nitrogens with zero attached hydrogens (tertiary/aromatic N) is 1. The van der Waals surface area contributed by atoms with E-state index in [1.807, 2.05) is 4.90 Å². The standard InChI is InChI=1S/C12H21N3O2/c1-9(16)14-10-4-2-7-15(8-10)11(17)12(13)5-3-6-12/h10H,2-8,13H2,1H3,(H,14,16). The third-order valence-electron chi connectivity index (χ3n) is 3.79. The molecule has 1 saturated heterocycles. The number of nitrogens with one attached hydrogen (secondary N) is 1. The van der Waals surface area contributed by atoms with Crippen LogP contribution in [0.25, 0.3) is 0 Å². The number of likely N-dealkylation sites (tertiary alicyclic amines) is 1. The summed E-state index contributed by atoms with van der Waals surface area (Å²) < 4.78 is 0. The molecule has 3 N–H and O–H groups in total. The van der Waals surface area contributed by atoms with Crippen molar-refractivity contribution in [3.63, 3.8) is 0 Å². The van der Waals surface area contributed by atoms with E-state index in [0.717, 1.165) is 38.6 Å². The summed E-state index contributed by atoms with van der Waals surface area (Å²) in [5.41, 5.74) is 5.43. The van der Waals surface area contributed by atoms with Crippen molar-refractivity contribution in [2.24, 2.45) is 5.73 Å².